The zero-order valence-electron chi connectivity index (χ0n) is 12.1. The minimum Gasteiger partial charge on any atom is -0.491 e. The molecule has 0 aliphatic heterocycles. The molecular weight excluding hydrogens is 286 g/mol. The number of thiophene rings is 1. The van der Waals surface area contributed by atoms with E-state index in [0.717, 1.165) is 5.56 Å². The van der Waals surface area contributed by atoms with Crippen LogP contribution in [0.3, 0.4) is 0 Å². The van der Waals surface area contributed by atoms with Gasteiger partial charge in [0.25, 0.3) is 5.91 Å². The largest absolute Gasteiger partial charge is 0.491 e. The van der Waals surface area contributed by atoms with Crippen molar-refractivity contribution in [2.24, 2.45) is 0 Å². The molecule has 0 aliphatic rings. The Hall–Kier alpha value is -1.85. The zero-order chi connectivity index (χ0) is 15.2. The third-order valence-electron chi connectivity index (χ3n) is 2.85. The minimum atomic E-state index is -0.761. The summed E-state index contributed by atoms with van der Waals surface area (Å²) in [5.74, 6) is 0.538. The summed E-state index contributed by atoms with van der Waals surface area (Å²) in [5, 5.41) is 16.5. The molecule has 0 spiro atoms. The van der Waals surface area contributed by atoms with Gasteiger partial charge < -0.3 is 15.2 Å². The molecule has 1 amide bonds. The number of carbonyl (C=O) groups excluding carboxylic acids is 1. The number of benzene rings is 1. The fraction of sp³-hybridized carbons (Fsp3) is 0.312. The second-order valence-corrected chi connectivity index (χ2v) is 5.76. The van der Waals surface area contributed by atoms with Crippen LogP contribution in [0.4, 0.5) is 0 Å². The molecule has 4 nitrogen and oxygen atoms in total. The lowest BCUT2D eigenvalue weighted by Crippen LogP contribution is -2.28. The molecule has 0 unspecified atom stereocenters. The lowest BCUT2D eigenvalue weighted by Gasteiger charge is -2.15. The van der Waals surface area contributed by atoms with Crippen molar-refractivity contribution in [1.29, 1.82) is 0 Å². The molecule has 2 aromatic rings. The van der Waals surface area contributed by atoms with Gasteiger partial charge in [0.15, 0.2) is 0 Å². The Kier molecular flexibility index (Phi) is 5.36. The van der Waals surface area contributed by atoms with Gasteiger partial charge in [0.1, 0.15) is 5.75 Å². The average Bonchev–Trinajstić information content (AvgIpc) is 2.98. The molecule has 1 atom stereocenters. The van der Waals surface area contributed by atoms with Crippen LogP contribution in [0.15, 0.2) is 41.1 Å². The van der Waals surface area contributed by atoms with Gasteiger partial charge in [-0.2, -0.15) is 11.3 Å². The lowest BCUT2D eigenvalue weighted by atomic mass is 10.1. The highest BCUT2D eigenvalue weighted by molar-refractivity contribution is 7.08. The first-order chi connectivity index (χ1) is 10.1. The van der Waals surface area contributed by atoms with Crippen molar-refractivity contribution in [3.63, 3.8) is 0 Å². The average molecular weight is 305 g/mol. The SMILES string of the molecule is CC(C)Oc1cccc([C@@H](O)CNC(=O)c2ccsc2)c1. The normalized spacial score (nSPS) is 12.2. The van der Waals surface area contributed by atoms with Crippen LogP contribution in [0.1, 0.15) is 35.9 Å². The summed E-state index contributed by atoms with van der Waals surface area (Å²) < 4.78 is 5.59. The van der Waals surface area contributed by atoms with Crippen LogP contribution in [0.25, 0.3) is 0 Å². The van der Waals surface area contributed by atoms with Crippen LogP contribution in [-0.4, -0.2) is 23.7 Å². The maximum Gasteiger partial charge on any atom is 0.252 e. The van der Waals surface area contributed by atoms with Crippen molar-refractivity contribution >= 4 is 17.2 Å². The first-order valence-electron chi connectivity index (χ1n) is 6.81. The summed E-state index contributed by atoms with van der Waals surface area (Å²) in [6, 6.07) is 9.04. The van der Waals surface area contributed by atoms with Crippen LogP contribution in [-0.2, 0) is 0 Å². The van der Waals surface area contributed by atoms with Crippen molar-refractivity contribution in [2.45, 2.75) is 26.1 Å². The Bertz CT molecular complexity index is 581. The number of hydrogen-bond acceptors (Lipinski definition) is 4. The topological polar surface area (TPSA) is 58.6 Å². The van der Waals surface area contributed by atoms with E-state index >= 15 is 0 Å². The number of nitrogens with one attached hydrogen (secondary N) is 1. The van der Waals surface area contributed by atoms with Gasteiger partial charge in [-0.05, 0) is 43.0 Å². The molecule has 1 heterocycles. The number of ether oxygens (including phenoxy) is 1. The van der Waals surface area contributed by atoms with E-state index in [1.807, 2.05) is 37.4 Å². The van der Waals surface area contributed by atoms with Crippen LogP contribution in [0.5, 0.6) is 5.75 Å². The summed E-state index contributed by atoms with van der Waals surface area (Å²) >= 11 is 1.47. The van der Waals surface area contributed by atoms with Crippen molar-refractivity contribution in [1.82, 2.24) is 5.32 Å². The fourth-order valence-electron chi connectivity index (χ4n) is 1.87. The highest BCUT2D eigenvalue weighted by Gasteiger charge is 2.12. The third kappa shape index (κ3) is 4.58. The van der Waals surface area contributed by atoms with Crippen LogP contribution in [0, 0.1) is 0 Å². The first-order valence-corrected chi connectivity index (χ1v) is 7.75. The third-order valence-corrected chi connectivity index (χ3v) is 3.54. The molecule has 21 heavy (non-hydrogen) atoms. The monoisotopic (exact) mass is 305 g/mol. The van der Waals surface area contributed by atoms with Gasteiger partial charge >= 0.3 is 0 Å². The first kappa shape index (κ1) is 15.5. The fourth-order valence-corrected chi connectivity index (χ4v) is 2.51. The lowest BCUT2D eigenvalue weighted by molar-refractivity contribution is 0.0916. The van der Waals surface area contributed by atoms with Crippen LogP contribution < -0.4 is 10.1 Å². The molecular formula is C16H19NO3S. The summed E-state index contributed by atoms with van der Waals surface area (Å²) in [6.07, 6.45) is -0.681. The van der Waals surface area contributed by atoms with Crippen LogP contribution >= 0.6 is 11.3 Å². The smallest absolute Gasteiger partial charge is 0.252 e. The second kappa shape index (κ2) is 7.24. The maximum absolute atomic E-state index is 11.8. The van der Waals surface area contributed by atoms with Gasteiger partial charge in [0.2, 0.25) is 0 Å². The molecule has 0 fully saturated rings. The van der Waals surface area contributed by atoms with E-state index in [-0.39, 0.29) is 18.6 Å². The predicted octanol–water partition coefficient (Wildman–Crippen LogP) is 3.00. The molecule has 2 N–H and O–H groups in total. The van der Waals surface area contributed by atoms with Gasteiger partial charge in [-0.25, -0.2) is 0 Å². The zero-order valence-corrected chi connectivity index (χ0v) is 12.9. The molecule has 0 saturated carbocycles. The summed E-state index contributed by atoms with van der Waals surface area (Å²) in [6.45, 7) is 4.06. The number of hydrogen-bond donors (Lipinski definition) is 2. The molecule has 1 aromatic carbocycles. The van der Waals surface area contributed by atoms with Crippen molar-refractivity contribution in [2.75, 3.05) is 6.54 Å². The van der Waals surface area contributed by atoms with E-state index in [4.69, 9.17) is 4.74 Å². The Morgan fingerprint density at radius 3 is 2.86 bits per heavy atom. The number of carbonyl (C=O) groups is 1. The Morgan fingerprint density at radius 1 is 1.38 bits per heavy atom. The molecule has 5 heteroatoms. The van der Waals surface area contributed by atoms with Gasteiger partial charge in [0.05, 0.1) is 12.2 Å². The molecule has 1 aromatic heterocycles. The highest BCUT2D eigenvalue weighted by Crippen LogP contribution is 2.20. The number of aliphatic hydroxyl groups is 1. The Labute approximate surface area is 128 Å². The summed E-state index contributed by atoms with van der Waals surface area (Å²) in [7, 11) is 0. The van der Waals surface area contributed by atoms with Gasteiger partial charge in [0, 0.05) is 17.5 Å². The van der Waals surface area contributed by atoms with Crippen molar-refractivity contribution < 1.29 is 14.6 Å². The number of amides is 1. The van der Waals surface area contributed by atoms with E-state index in [9.17, 15) is 9.90 Å². The van der Waals surface area contributed by atoms with E-state index in [2.05, 4.69) is 5.32 Å². The van der Waals surface area contributed by atoms with Gasteiger partial charge in [-0.1, -0.05) is 12.1 Å². The molecule has 0 aliphatic carbocycles. The molecule has 2 rings (SSSR count). The van der Waals surface area contributed by atoms with Crippen molar-refractivity contribution in [3.05, 3.63) is 52.2 Å². The van der Waals surface area contributed by atoms with E-state index in [0.29, 0.717) is 11.3 Å². The van der Waals surface area contributed by atoms with Crippen molar-refractivity contribution in [3.8, 4) is 5.75 Å². The quantitative estimate of drug-likeness (QED) is 0.862. The minimum absolute atomic E-state index is 0.0793. The molecule has 0 saturated heterocycles. The number of aliphatic hydroxyl groups excluding tert-OH is 1. The van der Waals surface area contributed by atoms with E-state index in [1.54, 1.807) is 17.5 Å². The van der Waals surface area contributed by atoms with E-state index in [1.165, 1.54) is 11.3 Å². The van der Waals surface area contributed by atoms with Gasteiger partial charge in [-0.3, -0.25) is 4.79 Å². The maximum atomic E-state index is 11.8. The Balaban J connectivity index is 1.94. The van der Waals surface area contributed by atoms with Gasteiger partial charge in [-0.15, -0.1) is 0 Å². The molecule has 0 bridgehead atoms. The van der Waals surface area contributed by atoms with Crippen LogP contribution in [0.2, 0.25) is 0 Å². The predicted molar refractivity (Wildman–Crippen MR) is 83.8 cm³/mol. The highest BCUT2D eigenvalue weighted by atomic mass is 32.1. The standard InChI is InChI=1S/C16H19NO3S/c1-11(2)20-14-5-3-4-12(8-14)15(18)9-17-16(19)13-6-7-21-10-13/h3-8,10-11,15,18H,9H2,1-2H3,(H,17,19)/t15-/m0/s1. The Morgan fingerprint density at radius 2 is 2.19 bits per heavy atom. The number of rotatable bonds is 6. The van der Waals surface area contributed by atoms with E-state index < -0.39 is 6.10 Å². The summed E-state index contributed by atoms with van der Waals surface area (Å²) in [5.41, 5.74) is 1.34. The second-order valence-electron chi connectivity index (χ2n) is 4.98. The molecule has 0 radical (unpaired) electrons. The molecule has 112 valence electrons. The summed E-state index contributed by atoms with van der Waals surface area (Å²) in [4.78, 5) is 11.8.